The number of nitrogens with one attached hydrogen (secondary N) is 1. The van der Waals surface area contributed by atoms with E-state index >= 15 is 0 Å². The van der Waals surface area contributed by atoms with Crippen LogP contribution in [0.4, 0.5) is 5.69 Å². The molecule has 194 valence electrons. The fourth-order valence-corrected chi connectivity index (χ4v) is 3.91. The van der Waals surface area contributed by atoms with Gasteiger partial charge in [0.1, 0.15) is 6.54 Å². The van der Waals surface area contributed by atoms with Gasteiger partial charge in [-0.25, -0.2) is 0 Å². The quantitative estimate of drug-likeness (QED) is 0.170. The highest BCUT2D eigenvalue weighted by Crippen LogP contribution is 2.41. The first-order valence-corrected chi connectivity index (χ1v) is 12.8. The molecular formula is C29H46N4O2. The number of aryl methyl sites for hydroxylation is 1. The average Bonchev–Trinajstić information content (AvgIpc) is 2.86. The number of allylic oxidation sites excluding steroid dienone is 5. The Kier molecular flexibility index (Phi) is 16.6. The molecule has 0 aromatic heterocycles. The smallest absolute Gasteiger partial charge is 0.325 e. The van der Waals surface area contributed by atoms with Gasteiger partial charge in [0.25, 0.3) is 0 Å². The maximum Gasteiger partial charge on any atom is 0.325 e. The number of carbonyl (C=O) groups is 1. The van der Waals surface area contributed by atoms with Gasteiger partial charge in [-0.2, -0.15) is 0 Å². The van der Waals surface area contributed by atoms with E-state index < -0.39 is 5.97 Å². The summed E-state index contributed by atoms with van der Waals surface area (Å²) in [4.78, 5) is 14.9. The van der Waals surface area contributed by atoms with Gasteiger partial charge in [-0.3, -0.25) is 9.79 Å². The highest BCUT2D eigenvalue weighted by atomic mass is 16.4. The minimum atomic E-state index is -0.981. The standard InChI is InChI=1S/C24H32N4O2.C3H8.C2H6/c1-3-4-7-18(17(12-25)14-28-15-23(29)30)19-8-5-6-9-20(19)24-16(2)10-11-22(27)21(24)13-26;1-3-2;1-2/h7,10-14,26H,3-6,8-9,15,25,27H2,1-2H3,(H,29,30);3H2,1-2H3;1-2H3/b17-12+,18-7+,26-13?,28-14?;;. The molecule has 6 heteroatoms. The number of nitrogen functional groups attached to an aromatic ring is 1. The second-order valence-corrected chi connectivity index (χ2v) is 8.17. The van der Waals surface area contributed by atoms with Crippen molar-refractivity contribution in [2.75, 3.05) is 12.3 Å². The number of hydrogen-bond acceptors (Lipinski definition) is 5. The fraction of sp³-hybridized carbons (Fsp3) is 0.483. The molecule has 0 aliphatic heterocycles. The van der Waals surface area contributed by atoms with Gasteiger partial charge < -0.3 is 22.0 Å². The first-order valence-electron chi connectivity index (χ1n) is 12.8. The number of aliphatic imine (C=N–C) groups is 1. The summed E-state index contributed by atoms with van der Waals surface area (Å²) in [5, 5.41) is 16.8. The molecule has 0 fully saturated rings. The zero-order valence-corrected chi connectivity index (χ0v) is 22.6. The minimum Gasteiger partial charge on any atom is -0.480 e. The maximum atomic E-state index is 10.9. The summed E-state index contributed by atoms with van der Waals surface area (Å²) in [6.07, 6.45) is 13.6. The molecule has 0 bridgehead atoms. The van der Waals surface area contributed by atoms with Crippen LogP contribution in [0, 0.1) is 12.3 Å². The largest absolute Gasteiger partial charge is 0.480 e. The van der Waals surface area contributed by atoms with E-state index in [0.29, 0.717) is 5.69 Å². The monoisotopic (exact) mass is 482 g/mol. The van der Waals surface area contributed by atoms with E-state index in [1.165, 1.54) is 30.0 Å². The van der Waals surface area contributed by atoms with Crippen LogP contribution < -0.4 is 11.5 Å². The number of benzene rings is 1. The molecule has 0 heterocycles. The maximum absolute atomic E-state index is 10.9. The van der Waals surface area contributed by atoms with E-state index in [9.17, 15) is 4.79 Å². The third-order valence-corrected chi connectivity index (χ3v) is 5.31. The van der Waals surface area contributed by atoms with Crippen molar-refractivity contribution in [1.82, 2.24) is 0 Å². The summed E-state index contributed by atoms with van der Waals surface area (Å²) in [6.45, 7) is 12.1. The van der Waals surface area contributed by atoms with Crippen molar-refractivity contribution < 1.29 is 9.90 Å². The van der Waals surface area contributed by atoms with Crippen molar-refractivity contribution in [3.63, 3.8) is 0 Å². The summed E-state index contributed by atoms with van der Waals surface area (Å²) in [6, 6.07) is 3.85. The minimum absolute atomic E-state index is 0.295. The summed E-state index contributed by atoms with van der Waals surface area (Å²) < 4.78 is 0. The molecule has 0 unspecified atom stereocenters. The second kappa shape index (κ2) is 18.2. The van der Waals surface area contributed by atoms with Crippen molar-refractivity contribution in [3.8, 4) is 0 Å². The van der Waals surface area contributed by atoms with Gasteiger partial charge in [0.2, 0.25) is 0 Å². The second-order valence-electron chi connectivity index (χ2n) is 8.17. The summed E-state index contributed by atoms with van der Waals surface area (Å²) in [5.41, 5.74) is 19.7. The molecular weight excluding hydrogens is 436 g/mol. The Bertz CT molecular complexity index is 940. The Balaban J connectivity index is 0.00000214. The fourth-order valence-electron chi connectivity index (χ4n) is 3.91. The number of unbranched alkanes of at least 4 members (excludes halogenated alkanes) is 1. The third kappa shape index (κ3) is 9.93. The van der Waals surface area contributed by atoms with Crippen LogP contribution in [0.15, 0.2) is 46.1 Å². The summed E-state index contributed by atoms with van der Waals surface area (Å²) in [7, 11) is 0. The van der Waals surface area contributed by atoms with Crippen molar-refractivity contribution in [3.05, 3.63) is 57.8 Å². The number of nitrogens with zero attached hydrogens (tertiary/aromatic N) is 1. The predicted molar refractivity (Wildman–Crippen MR) is 152 cm³/mol. The van der Waals surface area contributed by atoms with Gasteiger partial charge in [0.15, 0.2) is 0 Å². The number of anilines is 1. The van der Waals surface area contributed by atoms with Crippen LogP contribution >= 0.6 is 0 Å². The molecule has 0 amide bonds. The van der Waals surface area contributed by atoms with Crippen molar-refractivity contribution >= 4 is 29.7 Å². The Morgan fingerprint density at radius 2 is 1.80 bits per heavy atom. The first kappa shape index (κ1) is 31.9. The van der Waals surface area contributed by atoms with Crippen LogP contribution in [0.3, 0.4) is 0 Å². The zero-order chi connectivity index (χ0) is 26.8. The van der Waals surface area contributed by atoms with Crippen LogP contribution in [-0.2, 0) is 4.79 Å². The Morgan fingerprint density at radius 1 is 1.17 bits per heavy atom. The van der Waals surface area contributed by atoms with E-state index in [2.05, 4.69) is 31.8 Å². The van der Waals surface area contributed by atoms with Crippen LogP contribution in [-0.4, -0.2) is 30.0 Å². The van der Waals surface area contributed by atoms with E-state index in [4.69, 9.17) is 22.0 Å². The number of hydrogen-bond donors (Lipinski definition) is 4. The van der Waals surface area contributed by atoms with E-state index in [1.807, 2.05) is 32.9 Å². The molecule has 0 atom stereocenters. The SMILES string of the molecule is CC.CCC.CCC/C=C(C1=C(c2c(C)ccc(N)c2C=N)CCCC1)\C(C=NCC(=O)O)=C\N. The van der Waals surface area contributed by atoms with Gasteiger partial charge in [-0.1, -0.05) is 59.6 Å². The van der Waals surface area contributed by atoms with Crippen molar-refractivity contribution in [2.24, 2.45) is 10.7 Å². The summed E-state index contributed by atoms with van der Waals surface area (Å²) >= 11 is 0. The average molecular weight is 483 g/mol. The molecule has 0 saturated heterocycles. The Hall–Kier alpha value is -3.15. The number of rotatable bonds is 9. The van der Waals surface area contributed by atoms with E-state index in [0.717, 1.165) is 66.4 Å². The lowest BCUT2D eigenvalue weighted by Crippen LogP contribution is -2.10. The molecule has 35 heavy (non-hydrogen) atoms. The van der Waals surface area contributed by atoms with Gasteiger partial charge in [0, 0.05) is 35.5 Å². The molecule has 1 aliphatic carbocycles. The molecule has 0 spiro atoms. The highest BCUT2D eigenvalue weighted by Gasteiger charge is 2.22. The number of carboxylic acid groups (broad SMARTS) is 1. The lowest BCUT2D eigenvalue weighted by Gasteiger charge is -2.26. The van der Waals surface area contributed by atoms with Crippen molar-refractivity contribution in [2.45, 2.75) is 86.5 Å². The van der Waals surface area contributed by atoms with Crippen LogP contribution in [0.5, 0.6) is 0 Å². The molecule has 6 nitrogen and oxygen atoms in total. The number of carboxylic acids is 1. The van der Waals surface area contributed by atoms with Gasteiger partial charge in [-0.05, 0) is 72.9 Å². The summed E-state index contributed by atoms with van der Waals surface area (Å²) in [5.74, 6) is -0.981. The van der Waals surface area contributed by atoms with Crippen LogP contribution in [0.25, 0.3) is 5.57 Å². The molecule has 2 rings (SSSR count). The first-order chi connectivity index (χ1) is 16.9. The lowest BCUT2D eigenvalue weighted by atomic mass is 9.79. The topological polar surface area (TPSA) is 126 Å². The van der Waals surface area contributed by atoms with Gasteiger partial charge in [0.05, 0.1) is 0 Å². The molecule has 1 aromatic rings. The number of aliphatic carboxylic acids is 1. The van der Waals surface area contributed by atoms with Gasteiger partial charge >= 0.3 is 5.97 Å². The van der Waals surface area contributed by atoms with E-state index in [1.54, 1.807) is 6.21 Å². The van der Waals surface area contributed by atoms with Crippen molar-refractivity contribution in [1.29, 1.82) is 5.41 Å². The molecule has 0 saturated carbocycles. The Labute approximate surface area is 212 Å². The van der Waals surface area contributed by atoms with Gasteiger partial charge in [-0.15, -0.1) is 0 Å². The molecule has 1 aliphatic rings. The third-order valence-electron chi connectivity index (χ3n) is 5.31. The highest BCUT2D eigenvalue weighted by molar-refractivity contribution is 5.97. The molecule has 1 aromatic carbocycles. The Morgan fingerprint density at radius 3 is 2.34 bits per heavy atom. The predicted octanol–water partition coefficient (Wildman–Crippen LogP) is 7.07. The lowest BCUT2D eigenvalue weighted by molar-refractivity contribution is -0.135. The van der Waals surface area contributed by atoms with E-state index in [-0.39, 0.29) is 6.54 Å². The normalized spacial score (nSPS) is 14.1. The molecule has 0 radical (unpaired) electrons. The number of nitrogens with two attached hydrogens (primary N) is 2. The zero-order valence-electron chi connectivity index (χ0n) is 22.6. The van der Waals surface area contributed by atoms with Crippen LogP contribution in [0.1, 0.15) is 96.3 Å². The van der Waals surface area contributed by atoms with Crippen LogP contribution in [0.2, 0.25) is 0 Å². The molecule has 6 N–H and O–H groups in total.